The molecular formula is C54H48N4O6. The zero-order valence-corrected chi connectivity index (χ0v) is 35.4. The Morgan fingerprint density at radius 1 is 0.500 bits per heavy atom. The maximum absolute atomic E-state index is 13.4. The Bertz CT molecular complexity index is 2940. The third-order valence-electron chi connectivity index (χ3n) is 12.9. The molecule has 9 rings (SSSR count). The number of nitrogens with one attached hydrogen (secondary N) is 2. The van der Waals surface area contributed by atoms with Gasteiger partial charge in [-0.1, -0.05) is 172 Å². The first-order valence-corrected chi connectivity index (χ1v) is 22.2. The second-order valence-corrected chi connectivity index (χ2v) is 16.8. The van der Waals surface area contributed by atoms with Gasteiger partial charge in [-0.3, -0.25) is 29.8 Å². The van der Waals surface area contributed by atoms with Crippen LogP contribution in [0.25, 0.3) is 54.2 Å². The minimum absolute atomic E-state index is 0.284. The first-order chi connectivity index (χ1) is 31.3. The number of nitrogens with zero attached hydrogens (tertiary/aromatic N) is 2. The first-order valence-electron chi connectivity index (χ1n) is 22.2. The summed E-state index contributed by atoms with van der Waals surface area (Å²) in [6.45, 7) is 0.415. The van der Waals surface area contributed by atoms with Crippen molar-refractivity contribution in [3.05, 3.63) is 188 Å². The van der Waals surface area contributed by atoms with Gasteiger partial charge >= 0.3 is 0 Å². The lowest BCUT2D eigenvalue weighted by atomic mass is 9.84. The van der Waals surface area contributed by atoms with E-state index < -0.39 is 39.1 Å². The molecule has 0 fully saturated rings. The van der Waals surface area contributed by atoms with Crippen molar-refractivity contribution in [3.63, 3.8) is 0 Å². The highest BCUT2D eigenvalue weighted by Gasteiger charge is 2.35. The van der Waals surface area contributed by atoms with Crippen LogP contribution in [-0.4, -0.2) is 28.2 Å². The van der Waals surface area contributed by atoms with E-state index in [9.17, 15) is 29.8 Å². The smallest absolute Gasteiger partial charge is 0.277 e. The summed E-state index contributed by atoms with van der Waals surface area (Å²) in [6, 6.07) is 46.0. The Labute approximate surface area is 370 Å². The maximum atomic E-state index is 13.4. The lowest BCUT2D eigenvalue weighted by molar-refractivity contribution is -0.394. The van der Waals surface area contributed by atoms with Gasteiger partial charge in [0.2, 0.25) is 5.91 Å². The van der Waals surface area contributed by atoms with Crippen molar-refractivity contribution in [3.8, 4) is 11.1 Å². The van der Waals surface area contributed by atoms with E-state index in [0.717, 1.165) is 76.0 Å². The number of nitro benzene ring substituents is 2. The number of unbranched alkanes of at least 4 members (excludes halogenated alkanes) is 7. The van der Waals surface area contributed by atoms with E-state index in [-0.39, 0.29) is 5.56 Å². The fourth-order valence-corrected chi connectivity index (χ4v) is 9.98. The maximum Gasteiger partial charge on any atom is 0.277 e. The molecule has 0 radical (unpaired) electrons. The van der Waals surface area contributed by atoms with Gasteiger partial charge in [0, 0.05) is 24.6 Å². The topological polar surface area (TPSA) is 144 Å². The van der Waals surface area contributed by atoms with Crippen molar-refractivity contribution in [1.82, 2.24) is 10.6 Å². The summed E-state index contributed by atoms with van der Waals surface area (Å²) in [7, 11) is 0. The number of benzene rings is 8. The van der Waals surface area contributed by atoms with E-state index in [1.54, 1.807) is 30.3 Å². The summed E-state index contributed by atoms with van der Waals surface area (Å²) in [5.41, 5.74) is 4.81. The van der Waals surface area contributed by atoms with Crippen molar-refractivity contribution in [2.45, 2.75) is 69.7 Å². The highest BCUT2D eigenvalue weighted by atomic mass is 16.6. The SMILES string of the molecule is O=C(N[C@@H](C(=O)NCCCCCCCCCCC1c2c(c3ccccc3c3ccccc23)-c2c1c1ccccc1c1ccccc21)c1ccccc1)c1cc([N+](=O)[O-])cc([N+](=O)[O-])c1. The molecule has 2 amide bonds. The molecule has 0 aliphatic heterocycles. The van der Waals surface area contributed by atoms with Crippen LogP contribution in [0, 0.1) is 20.2 Å². The Hall–Kier alpha value is -7.46. The zero-order chi connectivity index (χ0) is 44.2. The van der Waals surface area contributed by atoms with Crippen molar-refractivity contribution in [1.29, 1.82) is 0 Å². The van der Waals surface area contributed by atoms with Crippen LogP contribution in [0.15, 0.2) is 146 Å². The number of amides is 2. The van der Waals surface area contributed by atoms with Crippen LogP contribution in [0.2, 0.25) is 0 Å². The van der Waals surface area contributed by atoms with E-state index >= 15 is 0 Å². The third kappa shape index (κ3) is 8.15. The van der Waals surface area contributed by atoms with Crippen molar-refractivity contribution in [2.24, 2.45) is 0 Å². The summed E-state index contributed by atoms with van der Waals surface area (Å²) in [5, 5.41) is 39.0. The molecule has 1 aliphatic carbocycles. The number of rotatable bonds is 17. The van der Waals surface area contributed by atoms with Gasteiger partial charge in [-0.15, -0.1) is 0 Å². The largest absolute Gasteiger partial charge is 0.354 e. The monoisotopic (exact) mass is 848 g/mol. The number of hydrogen-bond donors (Lipinski definition) is 2. The molecule has 2 N–H and O–H groups in total. The highest BCUT2D eigenvalue weighted by Crippen LogP contribution is 2.57. The van der Waals surface area contributed by atoms with E-state index in [1.165, 1.54) is 65.3 Å². The molecule has 320 valence electrons. The summed E-state index contributed by atoms with van der Waals surface area (Å²) >= 11 is 0. The summed E-state index contributed by atoms with van der Waals surface area (Å²) < 4.78 is 0. The lowest BCUT2D eigenvalue weighted by Crippen LogP contribution is -2.40. The Kier molecular flexibility index (Phi) is 12.1. The molecule has 8 aromatic carbocycles. The number of fused-ring (bicyclic) bond motifs is 13. The van der Waals surface area contributed by atoms with Gasteiger partial charge in [-0.05, 0) is 83.7 Å². The molecule has 10 nitrogen and oxygen atoms in total. The predicted octanol–water partition coefficient (Wildman–Crippen LogP) is 13.0. The minimum atomic E-state index is -1.10. The third-order valence-corrected chi connectivity index (χ3v) is 12.9. The fraction of sp³-hybridized carbons (Fsp3) is 0.222. The molecule has 0 aromatic heterocycles. The van der Waals surface area contributed by atoms with Crippen LogP contribution in [0.1, 0.15) is 96.8 Å². The van der Waals surface area contributed by atoms with Crippen LogP contribution < -0.4 is 10.6 Å². The molecule has 64 heavy (non-hydrogen) atoms. The van der Waals surface area contributed by atoms with E-state index in [4.69, 9.17) is 0 Å². The van der Waals surface area contributed by atoms with Crippen LogP contribution in [0.4, 0.5) is 11.4 Å². The molecule has 1 atom stereocenters. The van der Waals surface area contributed by atoms with Crippen molar-refractivity contribution < 1.29 is 19.4 Å². The normalized spacial score (nSPS) is 12.6. The molecule has 10 heteroatoms. The molecule has 0 unspecified atom stereocenters. The van der Waals surface area contributed by atoms with Gasteiger partial charge in [0.25, 0.3) is 17.3 Å². The second-order valence-electron chi connectivity index (χ2n) is 16.8. The fourth-order valence-electron chi connectivity index (χ4n) is 9.98. The average molecular weight is 849 g/mol. The Morgan fingerprint density at radius 3 is 1.39 bits per heavy atom. The molecular weight excluding hydrogens is 801 g/mol. The minimum Gasteiger partial charge on any atom is -0.354 e. The second kappa shape index (κ2) is 18.5. The standard InChI is InChI=1S/C54H48N4O6/c59-53(36-32-37(57(61)62)34-38(33-36)58(63)64)56-52(35-20-8-7-9-21-35)54(60)55-31-19-6-4-2-1-3-5-10-30-47-48-43-26-15-11-22-39(43)41-24-13-17-28-45(41)50(48)51-46-29-18-14-25-42(46)40-23-12-16-27-44(40)49(47)51/h7-9,11-18,20-29,32-34,47,52H,1-6,10,19,30-31H2,(H,55,60)(H,56,59)/t52-/m1/s1. The quantitative estimate of drug-likeness (QED) is 0.0404. The van der Waals surface area contributed by atoms with E-state index in [2.05, 4.69) is 108 Å². The van der Waals surface area contributed by atoms with E-state index in [1.807, 2.05) is 0 Å². The number of nitro groups is 2. The summed E-state index contributed by atoms with van der Waals surface area (Å²) in [5.74, 6) is -0.979. The predicted molar refractivity (Wildman–Crippen MR) is 255 cm³/mol. The van der Waals surface area contributed by atoms with Crippen LogP contribution in [0.3, 0.4) is 0 Å². The molecule has 0 saturated carbocycles. The number of hydrogen-bond acceptors (Lipinski definition) is 6. The van der Waals surface area contributed by atoms with Gasteiger partial charge in [0.1, 0.15) is 6.04 Å². The molecule has 0 saturated heterocycles. The van der Waals surface area contributed by atoms with Gasteiger partial charge < -0.3 is 10.6 Å². The average Bonchev–Trinajstić information content (AvgIpc) is 3.68. The molecule has 1 aliphatic rings. The van der Waals surface area contributed by atoms with Crippen molar-refractivity contribution in [2.75, 3.05) is 6.54 Å². The lowest BCUT2D eigenvalue weighted by Gasteiger charge is -2.19. The summed E-state index contributed by atoms with van der Waals surface area (Å²) in [6.07, 6.45) is 9.53. The van der Waals surface area contributed by atoms with Crippen LogP contribution in [0.5, 0.6) is 0 Å². The van der Waals surface area contributed by atoms with Crippen molar-refractivity contribution >= 4 is 66.3 Å². The number of carbonyl (C=O) groups excluding carboxylic acids is 2. The highest BCUT2D eigenvalue weighted by molar-refractivity contribution is 6.25. The van der Waals surface area contributed by atoms with Gasteiger partial charge in [0.15, 0.2) is 0 Å². The van der Waals surface area contributed by atoms with E-state index in [0.29, 0.717) is 18.0 Å². The Balaban J connectivity index is 0.809. The first kappa shape index (κ1) is 41.9. The molecule has 0 bridgehead atoms. The zero-order valence-electron chi connectivity index (χ0n) is 35.4. The summed E-state index contributed by atoms with van der Waals surface area (Å²) in [4.78, 5) is 47.9. The number of non-ortho nitro benzene ring substituents is 2. The molecule has 0 spiro atoms. The van der Waals surface area contributed by atoms with Gasteiger partial charge in [-0.2, -0.15) is 0 Å². The number of carbonyl (C=O) groups is 2. The van der Waals surface area contributed by atoms with Gasteiger partial charge in [-0.25, -0.2) is 0 Å². The Morgan fingerprint density at radius 2 is 0.906 bits per heavy atom. The van der Waals surface area contributed by atoms with Crippen LogP contribution >= 0.6 is 0 Å². The van der Waals surface area contributed by atoms with Gasteiger partial charge in [0.05, 0.1) is 21.5 Å². The van der Waals surface area contributed by atoms with Crippen LogP contribution in [-0.2, 0) is 4.79 Å². The molecule has 8 aromatic rings. The molecule has 0 heterocycles.